The first kappa shape index (κ1) is 14.5. The van der Waals surface area contributed by atoms with Crippen molar-refractivity contribution in [2.75, 3.05) is 18.9 Å². The van der Waals surface area contributed by atoms with Crippen molar-refractivity contribution in [3.05, 3.63) is 28.8 Å². The topological polar surface area (TPSA) is 61.4 Å². The molecule has 1 heterocycles. The van der Waals surface area contributed by atoms with Gasteiger partial charge in [0.1, 0.15) is 0 Å². The number of carbonyl (C=O) groups excluding carboxylic acids is 1. The van der Waals surface area contributed by atoms with Crippen molar-refractivity contribution in [3.63, 3.8) is 0 Å². The number of rotatable bonds is 4. The van der Waals surface area contributed by atoms with Crippen molar-refractivity contribution in [1.29, 1.82) is 0 Å². The highest BCUT2D eigenvalue weighted by molar-refractivity contribution is 7.99. The Morgan fingerprint density at radius 2 is 2.37 bits per heavy atom. The van der Waals surface area contributed by atoms with Crippen LogP contribution in [0.25, 0.3) is 0 Å². The summed E-state index contributed by atoms with van der Waals surface area (Å²) in [6.07, 6.45) is 1.46. The summed E-state index contributed by atoms with van der Waals surface area (Å²) in [7, 11) is 0. The predicted molar refractivity (Wildman–Crippen MR) is 77.8 cm³/mol. The molecule has 0 bridgehead atoms. The number of nitrogens with one attached hydrogen (secondary N) is 2. The minimum atomic E-state index is -0.198. The highest BCUT2D eigenvalue weighted by Crippen LogP contribution is 2.37. The van der Waals surface area contributed by atoms with Gasteiger partial charge in [0.15, 0.2) is 0 Å². The van der Waals surface area contributed by atoms with Crippen LogP contribution < -0.4 is 10.6 Å². The lowest BCUT2D eigenvalue weighted by atomic mass is 10.0. The first-order valence-electron chi connectivity index (χ1n) is 6.28. The number of amides is 2. The fraction of sp³-hybridized carbons (Fsp3) is 0.462. The summed E-state index contributed by atoms with van der Waals surface area (Å²) in [5.74, 6) is 0.982. The Balaban J connectivity index is 1.99. The van der Waals surface area contributed by atoms with Crippen molar-refractivity contribution < 1.29 is 9.90 Å². The van der Waals surface area contributed by atoms with E-state index in [4.69, 9.17) is 16.7 Å². The number of hydrogen-bond donors (Lipinski definition) is 3. The van der Waals surface area contributed by atoms with E-state index < -0.39 is 0 Å². The third-order valence-electron chi connectivity index (χ3n) is 2.94. The lowest BCUT2D eigenvalue weighted by Gasteiger charge is -2.26. The van der Waals surface area contributed by atoms with Crippen molar-refractivity contribution in [2.24, 2.45) is 0 Å². The molecule has 1 aromatic rings. The van der Waals surface area contributed by atoms with E-state index in [-0.39, 0.29) is 18.7 Å². The second-order valence-corrected chi connectivity index (χ2v) is 5.92. The fourth-order valence-corrected chi connectivity index (χ4v) is 3.29. The quantitative estimate of drug-likeness (QED) is 0.749. The van der Waals surface area contributed by atoms with Gasteiger partial charge in [-0.25, -0.2) is 4.79 Å². The Bertz CT molecular complexity index is 456. The number of urea groups is 1. The highest BCUT2D eigenvalue weighted by Gasteiger charge is 2.22. The second kappa shape index (κ2) is 7.03. The molecular weight excluding hydrogens is 284 g/mol. The summed E-state index contributed by atoms with van der Waals surface area (Å²) in [5, 5.41) is 15.0. The maximum Gasteiger partial charge on any atom is 0.315 e. The van der Waals surface area contributed by atoms with E-state index in [0.717, 1.165) is 17.7 Å². The first-order valence-corrected chi connectivity index (χ1v) is 7.64. The van der Waals surface area contributed by atoms with Crippen LogP contribution in [0, 0.1) is 0 Å². The zero-order chi connectivity index (χ0) is 13.7. The van der Waals surface area contributed by atoms with E-state index in [9.17, 15) is 4.79 Å². The van der Waals surface area contributed by atoms with Gasteiger partial charge < -0.3 is 15.7 Å². The van der Waals surface area contributed by atoms with E-state index in [2.05, 4.69) is 10.6 Å². The van der Waals surface area contributed by atoms with Gasteiger partial charge in [-0.2, -0.15) is 0 Å². The van der Waals surface area contributed by atoms with E-state index in [1.807, 2.05) is 18.2 Å². The van der Waals surface area contributed by atoms with Crippen LogP contribution in [0.1, 0.15) is 24.4 Å². The summed E-state index contributed by atoms with van der Waals surface area (Å²) in [6.45, 7) is 0.561. The molecule has 0 saturated heterocycles. The lowest BCUT2D eigenvalue weighted by Crippen LogP contribution is -2.39. The predicted octanol–water partition coefficient (Wildman–Crippen LogP) is 2.56. The fourth-order valence-electron chi connectivity index (χ4n) is 2.01. The molecule has 19 heavy (non-hydrogen) atoms. The zero-order valence-corrected chi connectivity index (χ0v) is 12.1. The molecule has 104 valence electrons. The molecule has 4 nitrogen and oxygen atoms in total. The van der Waals surface area contributed by atoms with Crippen LogP contribution >= 0.6 is 23.4 Å². The third kappa shape index (κ3) is 4.03. The van der Waals surface area contributed by atoms with E-state index in [1.54, 1.807) is 11.8 Å². The molecule has 0 aromatic heterocycles. The van der Waals surface area contributed by atoms with Crippen LogP contribution in [0.3, 0.4) is 0 Å². The number of aliphatic hydroxyl groups is 1. The molecule has 1 aromatic carbocycles. The Morgan fingerprint density at radius 1 is 1.53 bits per heavy atom. The number of carbonyl (C=O) groups is 1. The monoisotopic (exact) mass is 300 g/mol. The van der Waals surface area contributed by atoms with Crippen LogP contribution in [0.4, 0.5) is 4.79 Å². The average Bonchev–Trinajstić information content (AvgIpc) is 2.40. The summed E-state index contributed by atoms with van der Waals surface area (Å²) in [4.78, 5) is 12.9. The Labute approximate surface area is 121 Å². The SMILES string of the molecule is O=C(NCCCO)NC1CCSc2ccc(Cl)cc21. The van der Waals surface area contributed by atoms with Crippen LogP contribution in [0.2, 0.25) is 5.02 Å². The number of halogens is 1. The van der Waals surface area contributed by atoms with Gasteiger partial charge >= 0.3 is 6.03 Å². The summed E-state index contributed by atoms with van der Waals surface area (Å²) in [6, 6.07) is 5.60. The summed E-state index contributed by atoms with van der Waals surface area (Å²) >= 11 is 7.80. The molecule has 2 amide bonds. The number of hydrogen-bond acceptors (Lipinski definition) is 3. The minimum Gasteiger partial charge on any atom is -0.396 e. The maximum absolute atomic E-state index is 11.7. The number of aliphatic hydroxyl groups excluding tert-OH is 1. The molecule has 2 rings (SSSR count). The van der Waals surface area contributed by atoms with Gasteiger partial charge in [-0.15, -0.1) is 11.8 Å². The number of thioether (sulfide) groups is 1. The molecule has 1 atom stereocenters. The third-order valence-corrected chi connectivity index (χ3v) is 4.29. The molecule has 0 fully saturated rings. The van der Waals surface area contributed by atoms with Gasteiger partial charge in [0, 0.05) is 28.8 Å². The molecule has 0 radical (unpaired) electrons. The zero-order valence-electron chi connectivity index (χ0n) is 10.5. The van der Waals surface area contributed by atoms with E-state index in [0.29, 0.717) is 18.0 Å². The van der Waals surface area contributed by atoms with E-state index in [1.165, 1.54) is 4.90 Å². The van der Waals surface area contributed by atoms with E-state index >= 15 is 0 Å². The molecular formula is C13H17ClN2O2S. The van der Waals surface area contributed by atoms with Gasteiger partial charge in [0.05, 0.1) is 6.04 Å². The van der Waals surface area contributed by atoms with Gasteiger partial charge in [0.25, 0.3) is 0 Å². The largest absolute Gasteiger partial charge is 0.396 e. The van der Waals surface area contributed by atoms with Crippen LogP contribution in [0.15, 0.2) is 23.1 Å². The minimum absolute atomic E-state index is 0.00377. The molecule has 0 spiro atoms. The first-order chi connectivity index (χ1) is 9.20. The molecule has 0 aliphatic carbocycles. The van der Waals surface area contributed by atoms with Gasteiger partial charge in [0.2, 0.25) is 0 Å². The van der Waals surface area contributed by atoms with Gasteiger partial charge in [-0.1, -0.05) is 11.6 Å². The Hall–Kier alpha value is -0.910. The Kier molecular flexibility index (Phi) is 5.36. The summed E-state index contributed by atoms with van der Waals surface area (Å²) in [5.41, 5.74) is 1.08. The average molecular weight is 301 g/mol. The van der Waals surface area contributed by atoms with Gasteiger partial charge in [-0.3, -0.25) is 0 Å². The number of fused-ring (bicyclic) bond motifs is 1. The number of benzene rings is 1. The van der Waals surface area contributed by atoms with Crippen LogP contribution in [0.5, 0.6) is 0 Å². The molecule has 3 N–H and O–H groups in total. The highest BCUT2D eigenvalue weighted by atomic mass is 35.5. The van der Waals surface area contributed by atoms with Crippen LogP contribution in [-0.4, -0.2) is 30.0 Å². The molecule has 1 aliphatic heterocycles. The standard InChI is InChI=1S/C13H17ClN2O2S/c14-9-2-3-12-10(8-9)11(4-7-19-12)16-13(18)15-5-1-6-17/h2-3,8,11,17H,1,4-7H2,(H2,15,16,18). The molecule has 6 heteroatoms. The smallest absolute Gasteiger partial charge is 0.315 e. The van der Waals surface area contributed by atoms with Crippen LogP contribution in [-0.2, 0) is 0 Å². The molecule has 1 unspecified atom stereocenters. The van der Waals surface area contributed by atoms with Crippen molar-refractivity contribution in [3.8, 4) is 0 Å². The van der Waals surface area contributed by atoms with Crippen molar-refractivity contribution in [1.82, 2.24) is 10.6 Å². The van der Waals surface area contributed by atoms with Crippen molar-refractivity contribution >= 4 is 29.4 Å². The molecule has 1 aliphatic rings. The Morgan fingerprint density at radius 3 is 3.16 bits per heavy atom. The second-order valence-electron chi connectivity index (χ2n) is 4.35. The van der Waals surface area contributed by atoms with Crippen molar-refractivity contribution in [2.45, 2.75) is 23.8 Å². The maximum atomic E-state index is 11.7. The molecule has 0 saturated carbocycles. The van der Waals surface area contributed by atoms with Gasteiger partial charge in [-0.05, 0) is 36.6 Å². The lowest BCUT2D eigenvalue weighted by molar-refractivity contribution is 0.234. The summed E-state index contributed by atoms with van der Waals surface area (Å²) < 4.78 is 0. The normalized spacial score (nSPS) is 17.7.